The Balaban J connectivity index is 1.73. The normalized spacial score (nSPS) is 11.4. The molecule has 0 fully saturated rings. The number of aromatic amines is 1. The Morgan fingerprint density at radius 3 is 2.28 bits per heavy atom. The van der Waals surface area contributed by atoms with Crippen LogP contribution in [0.4, 0.5) is 17.3 Å². The van der Waals surface area contributed by atoms with Gasteiger partial charge < -0.3 is 24.1 Å². The lowest BCUT2D eigenvalue weighted by atomic mass is 10.2. The van der Waals surface area contributed by atoms with Gasteiger partial charge in [0.15, 0.2) is 22.1 Å². The van der Waals surface area contributed by atoms with E-state index in [4.69, 9.17) is 18.7 Å². The fourth-order valence-corrected chi connectivity index (χ4v) is 4.52. The molecule has 2 aromatic carbocycles. The monoisotopic (exact) mass is 459 g/mol. The Kier molecular flexibility index (Phi) is 5.53. The molecule has 0 bridgehead atoms. The minimum absolute atomic E-state index is 0.00609. The number of hydrogen-bond donors (Lipinski definition) is 3. The lowest BCUT2D eigenvalue weighted by Gasteiger charge is -2.14. The summed E-state index contributed by atoms with van der Waals surface area (Å²) in [6, 6.07) is 9.76. The molecule has 2 heterocycles. The number of hydrogen-bond acceptors (Lipinski definition) is 9. The number of aryl methyl sites for hydroxylation is 1. The molecule has 0 amide bonds. The molecule has 0 aliphatic heterocycles. The third-order valence-corrected chi connectivity index (χ3v) is 6.05. The highest BCUT2D eigenvalue weighted by Crippen LogP contribution is 2.38. The predicted molar refractivity (Wildman–Crippen MR) is 118 cm³/mol. The Bertz CT molecular complexity index is 1360. The van der Waals surface area contributed by atoms with E-state index in [-0.39, 0.29) is 22.2 Å². The maximum absolute atomic E-state index is 13.2. The van der Waals surface area contributed by atoms with Gasteiger partial charge in [-0.3, -0.25) is 9.82 Å². The summed E-state index contributed by atoms with van der Waals surface area (Å²) in [5, 5.41) is 14.4. The first kappa shape index (κ1) is 21.3. The van der Waals surface area contributed by atoms with Gasteiger partial charge in [-0.1, -0.05) is 11.2 Å². The number of methoxy groups -OCH3 is 3. The largest absolute Gasteiger partial charge is 0.495 e. The first-order chi connectivity index (χ1) is 15.4. The fraction of sp³-hybridized carbons (Fsp3) is 0.200. The lowest BCUT2D eigenvalue weighted by Crippen LogP contribution is -2.15. The molecule has 0 saturated carbocycles. The smallest absolute Gasteiger partial charge is 0.270 e. The van der Waals surface area contributed by atoms with Crippen molar-refractivity contribution in [1.82, 2.24) is 15.4 Å². The van der Waals surface area contributed by atoms with E-state index in [1.54, 1.807) is 18.2 Å². The Labute approximate surface area is 183 Å². The maximum Gasteiger partial charge on any atom is 0.270 e. The predicted octanol–water partition coefficient (Wildman–Crippen LogP) is 3.43. The SMILES string of the molecule is COc1cc2c(NS(=O)(=O)c3c(OC)cccc3OC)noc2cc1Nc1cc(C)[nH]n1. The summed E-state index contributed by atoms with van der Waals surface area (Å²) in [6.07, 6.45) is 0. The molecule has 0 spiro atoms. The van der Waals surface area contributed by atoms with Crippen molar-refractivity contribution in [3.8, 4) is 17.2 Å². The summed E-state index contributed by atoms with van der Waals surface area (Å²) in [5.41, 5.74) is 1.80. The second-order valence-electron chi connectivity index (χ2n) is 6.74. The van der Waals surface area contributed by atoms with Crippen LogP contribution >= 0.6 is 0 Å². The van der Waals surface area contributed by atoms with Gasteiger partial charge in [0.05, 0.1) is 32.4 Å². The van der Waals surface area contributed by atoms with E-state index in [1.807, 2.05) is 13.0 Å². The van der Waals surface area contributed by atoms with Crippen LogP contribution in [0.2, 0.25) is 0 Å². The minimum Gasteiger partial charge on any atom is -0.495 e. The van der Waals surface area contributed by atoms with Gasteiger partial charge in [0.1, 0.15) is 17.2 Å². The highest BCUT2D eigenvalue weighted by atomic mass is 32.2. The third kappa shape index (κ3) is 3.87. The molecule has 32 heavy (non-hydrogen) atoms. The van der Waals surface area contributed by atoms with E-state index >= 15 is 0 Å². The minimum atomic E-state index is -4.13. The van der Waals surface area contributed by atoms with E-state index in [2.05, 4.69) is 25.4 Å². The second-order valence-corrected chi connectivity index (χ2v) is 8.36. The number of sulfonamides is 1. The van der Waals surface area contributed by atoms with Gasteiger partial charge in [-0.15, -0.1) is 0 Å². The Morgan fingerprint density at radius 2 is 1.69 bits per heavy atom. The molecule has 3 N–H and O–H groups in total. The summed E-state index contributed by atoms with van der Waals surface area (Å²) in [5.74, 6) is 1.28. The molecule has 0 unspecified atom stereocenters. The molecule has 4 aromatic rings. The van der Waals surface area contributed by atoms with E-state index in [0.29, 0.717) is 28.2 Å². The molecule has 168 valence electrons. The van der Waals surface area contributed by atoms with Crippen LogP contribution in [0, 0.1) is 6.92 Å². The number of ether oxygens (including phenoxy) is 3. The van der Waals surface area contributed by atoms with Crippen LogP contribution in [-0.4, -0.2) is 45.1 Å². The number of nitrogens with one attached hydrogen (secondary N) is 3. The van der Waals surface area contributed by atoms with Crippen LogP contribution in [0.1, 0.15) is 5.69 Å². The Hall–Kier alpha value is -3.93. The fourth-order valence-electron chi connectivity index (χ4n) is 3.19. The van der Waals surface area contributed by atoms with Crippen molar-refractivity contribution in [2.24, 2.45) is 0 Å². The average molecular weight is 459 g/mol. The third-order valence-electron chi connectivity index (χ3n) is 4.64. The molecule has 0 radical (unpaired) electrons. The van der Waals surface area contributed by atoms with Crippen LogP contribution in [0.15, 0.2) is 45.8 Å². The van der Waals surface area contributed by atoms with Crippen molar-refractivity contribution in [3.05, 3.63) is 42.1 Å². The zero-order chi connectivity index (χ0) is 22.9. The van der Waals surface area contributed by atoms with Gasteiger partial charge in [-0.2, -0.15) is 5.10 Å². The van der Waals surface area contributed by atoms with Gasteiger partial charge in [-0.05, 0) is 25.1 Å². The van der Waals surface area contributed by atoms with E-state index in [1.165, 1.54) is 33.5 Å². The van der Waals surface area contributed by atoms with Crippen LogP contribution in [-0.2, 0) is 10.0 Å². The molecule has 0 aliphatic carbocycles. The number of benzene rings is 2. The van der Waals surface area contributed by atoms with E-state index < -0.39 is 10.0 Å². The topological polar surface area (TPSA) is 141 Å². The number of rotatable bonds is 8. The van der Waals surface area contributed by atoms with Crippen LogP contribution < -0.4 is 24.2 Å². The van der Waals surface area contributed by atoms with Gasteiger partial charge in [0, 0.05) is 17.8 Å². The standard InChI is InChI=1S/C20H21N5O6S/c1-11-8-18(23-22-11)21-13-10-16-12(9-17(13)30-4)20(24-31-16)25-32(26,27)19-14(28-2)6-5-7-15(19)29-3/h5-10H,1-4H3,(H,24,25)(H2,21,22,23). The molecule has 0 atom stereocenters. The van der Waals surface area contributed by atoms with Gasteiger partial charge in [0.25, 0.3) is 10.0 Å². The highest BCUT2D eigenvalue weighted by molar-refractivity contribution is 7.93. The summed E-state index contributed by atoms with van der Waals surface area (Å²) >= 11 is 0. The molecule has 12 heteroatoms. The molecule has 0 saturated heterocycles. The Morgan fingerprint density at radius 1 is 1.00 bits per heavy atom. The lowest BCUT2D eigenvalue weighted by molar-refractivity contribution is 0.373. The second kappa shape index (κ2) is 8.30. The molecular formula is C20H21N5O6S. The van der Waals surface area contributed by atoms with E-state index in [0.717, 1.165) is 5.69 Å². The quantitative estimate of drug-likeness (QED) is 0.361. The summed E-state index contributed by atoms with van der Waals surface area (Å²) < 4.78 is 50.0. The molecule has 2 aromatic heterocycles. The van der Waals surface area contributed by atoms with Crippen LogP contribution in [0.5, 0.6) is 17.2 Å². The van der Waals surface area contributed by atoms with Crippen LogP contribution in [0.25, 0.3) is 11.0 Å². The number of aromatic nitrogens is 3. The van der Waals surface area contributed by atoms with Crippen molar-refractivity contribution in [1.29, 1.82) is 0 Å². The highest BCUT2D eigenvalue weighted by Gasteiger charge is 2.27. The summed E-state index contributed by atoms with van der Waals surface area (Å²) in [4.78, 5) is -0.152. The van der Waals surface area contributed by atoms with Crippen molar-refractivity contribution < 1.29 is 27.2 Å². The molecule has 11 nitrogen and oxygen atoms in total. The number of H-pyrrole nitrogens is 1. The molecule has 0 aliphatic rings. The van der Waals surface area contributed by atoms with Crippen molar-refractivity contribution >= 4 is 38.3 Å². The number of anilines is 3. The first-order valence-electron chi connectivity index (χ1n) is 9.36. The molecule has 4 rings (SSSR count). The first-order valence-corrected chi connectivity index (χ1v) is 10.8. The number of fused-ring (bicyclic) bond motifs is 1. The van der Waals surface area contributed by atoms with Crippen molar-refractivity contribution in [2.75, 3.05) is 31.4 Å². The average Bonchev–Trinajstić information content (AvgIpc) is 3.37. The summed E-state index contributed by atoms with van der Waals surface area (Å²) in [7, 11) is 0.120. The van der Waals surface area contributed by atoms with Gasteiger partial charge in [-0.25, -0.2) is 8.42 Å². The molecular weight excluding hydrogens is 438 g/mol. The summed E-state index contributed by atoms with van der Waals surface area (Å²) in [6.45, 7) is 1.88. The van der Waals surface area contributed by atoms with Gasteiger partial charge >= 0.3 is 0 Å². The maximum atomic E-state index is 13.2. The zero-order valence-corrected chi connectivity index (χ0v) is 18.5. The van der Waals surface area contributed by atoms with Crippen molar-refractivity contribution in [3.63, 3.8) is 0 Å². The van der Waals surface area contributed by atoms with Gasteiger partial charge in [0.2, 0.25) is 0 Å². The number of nitrogens with zero attached hydrogens (tertiary/aromatic N) is 2. The van der Waals surface area contributed by atoms with E-state index in [9.17, 15) is 8.42 Å². The van der Waals surface area contributed by atoms with Crippen molar-refractivity contribution in [2.45, 2.75) is 11.8 Å². The zero-order valence-electron chi connectivity index (χ0n) is 17.7. The van der Waals surface area contributed by atoms with Crippen LogP contribution in [0.3, 0.4) is 0 Å².